The Labute approximate surface area is 169 Å². The first-order chi connectivity index (χ1) is 13.7. The third-order valence-electron chi connectivity index (χ3n) is 4.31. The van der Waals surface area contributed by atoms with Gasteiger partial charge in [0.1, 0.15) is 0 Å². The number of primary amides is 2. The molecule has 0 aliphatic carbocycles. The molecule has 10 nitrogen and oxygen atoms in total. The molecule has 2 heterocycles. The standard InChI is InChI=1S/C19H27N7O3/c1-5-14-18(26(4)11(2)3)25-17(15(24-14)16(20)27)23-13-6-8-22-12(10-13)7-9-29-19(21)28/h6,8,10-11H,5,7,9H2,1-4H3,(H2,20,27)(H2,21,28)(H,22,23,25). The summed E-state index contributed by atoms with van der Waals surface area (Å²) in [7, 11) is 1.92. The predicted molar refractivity (Wildman–Crippen MR) is 110 cm³/mol. The van der Waals surface area contributed by atoms with E-state index in [0.29, 0.717) is 35.7 Å². The number of ether oxygens (including phenoxy) is 1. The summed E-state index contributed by atoms with van der Waals surface area (Å²) in [5, 5.41) is 3.11. The summed E-state index contributed by atoms with van der Waals surface area (Å²) in [6, 6.07) is 3.68. The summed E-state index contributed by atoms with van der Waals surface area (Å²) >= 11 is 0. The summed E-state index contributed by atoms with van der Waals surface area (Å²) < 4.78 is 4.73. The van der Waals surface area contributed by atoms with Crippen molar-refractivity contribution in [2.45, 2.75) is 39.7 Å². The maximum Gasteiger partial charge on any atom is 0.404 e. The third-order valence-corrected chi connectivity index (χ3v) is 4.31. The maximum atomic E-state index is 12.0. The zero-order valence-electron chi connectivity index (χ0n) is 17.1. The van der Waals surface area contributed by atoms with Crippen molar-refractivity contribution < 1.29 is 14.3 Å². The number of rotatable bonds is 9. The largest absolute Gasteiger partial charge is 0.449 e. The molecule has 29 heavy (non-hydrogen) atoms. The van der Waals surface area contributed by atoms with Crippen molar-refractivity contribution in [3.05, 3.63) is 35.4 Å². The number of hydrogen-bond donors (Lipinski definition) is 3. The Morgan fingerprint density at radius 1 is 1.28 bits per heavy atom. The van der Waals surface area contributed by atoms with Gasteiger partial charge in [-0.25, -0.2) is 14.8 Å². The highest BCUT2D eigenvalue weighted by molar-refractivity contribution is 5.96. The van der Waals surface area contributed by atoms with Crippen LogP contribution in [0.1, 0.15) is 42.6 Å². The Balaban J connectivity index is 2.37. The van der Waals surface area contributed by atoms with Crippen LogP contribution in [-0.2, 0) is 17.6 Å². The van der Waals surface area contributed by atoms with E-state index in [2.05, 4.69) is 20.3 Å². The van der Waals surface area contributed by atoms with Crippen LogP contribution in [0.3, 0.4) is 0 Å². The lowest BCUT2D eigenvalue weighted by Gasteiger charge is -2.25. The zero-order chi connectivity index (χ0) is 21.6. The van der Waals surface area contributed by atoms with E-state index < -0.39 is 12.0 Å². The van der Waals surface area contributed by atoms with Crippen LogP contribution in [0.15, 0.2) is 18.3 Å². The minimum atomic E-state index is -0.835. The van der Waals surface area contributed by atoms with Crippen molar-refractivity contribution in [3.8, 4) is 0 Å². The number of anilines is 3. The van der Waals surface area contributed by atoms with Gasteiger partial charge < -0.3 is 26.4 Å². The Bertz CT molecular complexity index is 886. The van der Waals surface area contributed by atoms with E-state index in [9.17, 15) is 9.59 Å². The minimum Gasteiger partial charge on any atom is -0.449 e. The lowest BCUT2D eigenvalue weighted by Crippen LogP contribution is -2.29. The van der Waals surface area contributed by atoms with Gasteiger partial charge in [0.25, 0.3) is 5.91 Å². The topological polar surface area (TPSA) is 149 Å². The minimum absolute atomic E-state index is 0.0678. The van der Waals surface area contributed by atoms with Gasteiger partial charge in [-0.2, -0.15) is 0 Å². The first-order valence-corrected chi connectivity index (χ1v) is 9.30. The third kappa shape index (κ3) is 5.77. The second-order valence-corrected chi connectivity index (χ2v) is 6.69. The average molecular weight is 401 g/mol. The molecule has 0 radical (unpaired) electrons. The monoisotopic (exact) mass is 401 g/mol. The number of aromatic nitrogens is 3. The first-order valence-electron chi connectivity index (χ1n) is 9.30. The van der Waals surface area contributed by atoms with Gasteiger partial charge in [0.05, 0.1) is 12.3 Å². The SMILES string of the molecule is CCc1nc(C(N)=O)c(Nc2ccnc(CCOC(N)=O)c2)nc1N(C)C(C)C. The molecule has 0 saturated carbocycles. The molecule has 0 saturated heterocycles. The van der Waals surface area contributed by atoms with Crippen LogP contribution in [0.2, 0.25) is 0 Å². The smallest absolute Gasteiger partial charge is 0.404 e. The Hall–Kier alpha value is -3.43. The molecule has 156 valence electrons. The van der Waals surface area contributed by atoms with Crippen molar-refractivity contribution in [1.82, 2.24) is 15.0 Å². The number of pyridine rings is 1. The molecular weight excluding hydrogens is 374 g/mol. The van der Waals surface area contributed by atoms with Crippen LogP contribution in [-0.4, -0.2) is 46.6 Å². The number of carbonyl (C=O) groups excluding carboxylic acids is 2. The number of nitrogens with one attached hydrogen (secondary N) is 1. The molecule has 2 amide bonds. The summed E-state index contributed by atoms with van der Waals surface area (Å²) in [6.07, 6.45) is 1.77. The lowest BCUT2D eigenvalue weighted by atomic mass is 10.2. The summed E-state index contributed by atoms with van der Waals surface area (Å²) in [4.78, 5) is 38.0. The van der Waals surface area contributed by atoms with Crippen molar-refractivity contribution in [1.29, 1.82) is 0 Å². The molecule has 0 aromatic carbocycles. The van der Waals surface area contributed by atoms with Crippen LogP contribution in [0, 0.1) is 0 Å². The van der Waals surface area contributed by atoms with Gasteiger partial charge >= 0.3 is 6.09 Å². The zero-order valence-corrected chi connectivity index (χ0v) is 17.1. The predicted octanol–water partition coefficient (Wildman–Crippen LogP) is 1.76. The summed E-state index contributed by atoms with van der Waals surface area (Å²) in [5.41, 5.74) is 12.6. The molecule has 0 aliphatic heterocycles. The highest BCUT2D eigenvalue weighted by atomic mass is 16.5. The van der Waals surface area contributed by atoms with Crippen molar-refractivity contribution >= 4 is 29.3 Å². The van der Waals surface area contributed by atoms with Gasteiger partial charge in [-0.15, -0.1) is 0 Å². The lowest BCUT2D eigenvalue weighted by molar-refractivity contribution is 0.0996. The number of nitrogens with zero attached hydrogens (tertiary/aromatic N) is 4. The van der Waals surface area contributed by atoms with E-state index in [0.717, 1.165) is 0 Å². The van der Waals surface area contributed by atoms with Gasteiger partial charge in [-0.1, -0.05) is 6.92 Å². The summed E-state index contributed by atoms with van der Waals surface area (Å²) in [6.45, 7) is 6.15. The van der Waals surface area contributed by atoms with Crippen LogP contribution in [0.4, 0.5) is 22.1 Å². The number of amides is 2. The average Bonchev–Trinajstić information content (AvgIpc) is 2.66. The fourth-order valence-corrected chi connectivity index (χ4v) is 2.57. The van der Waals surface area contributed by atoms with E-state index in [1.807, 2.05) is 32.7 Å². The van der Waals surface area contributed by atoms with Gasteiger partial charge in [0, 0.05) is 37.1 Å². The molecule has 2 aromatic heterocycles. The number of hydrogen-bond acceptors (Lipinski definition) is 8. The van der Waals surface area contributed by atoms with Crippen LogP contribution >= 0.6 is 0 Å². The highest BCUT2D eigenvalue weighted by Gasteiger charge is 2.20. The molecule has 2 rings (SSSR count). The van der Waals surface area contributed by atoms with Crippen molar-refractivity contribution in [2.75, 3.05) is 23.9 Å². The summed E-state index contributed by atoms with van der Waals surface area (Å²) in [5.74, 6) is 0.277. The molecule has 0 unspecified atom stereocenters. The van der Waals surface area contributed by atoms with E-state index in [-0.39, 0.29) is 24.2 Å². The van der Waals surface area contributed by atoms with E-state index in [1.54, 1.807) is 18.3 Å². The molecule has 2 aromatic rings. The number of aryl methyl sites for hydroxylation is 1. The molecule has 0 spiro atoms. The van der Waals surface area contributed by atoms with E-state index >= 15 is 0 Å². The molecule has 10 heteroatoms. The molecule has 0 fully saturated rings. The molecule has 0 bridgehead atoms. The van der Waals surface area contributed by atoms with Crippen LogP contribution in [0.5, 0.6) is 0 Å². The van der Waals surface area contributed by atoms with Crippen LogP contribution < -0.4 is 21.7 Å². The molecule has 5 N–H and O–H groups in total. The van der Waals surface area contributed by atoms with Crippen molar-refractivity contribution in [2.24, 2.45) is 11.5 Å². The van der Waals surface area contributed by atoms with Gasteiger partial charge in [0.15, 0.2) is 17.3 Å². The van der Waals surface area contributed by atoms with Crippen molar-refractivity contribution in [3.63, 3.8) is 0 Å². The highest BCUT2D eigenvalue weighted by Crippen LogP contribution is 2.25. The fourth-order valence-electron chi connectivity index (χ4n) is 2.57. The number of nitrogens with two attached hydrogens (primary N) is 2. The second kappa shape index (κ2) is 9.67. The normalized spacial score (nSPS) is 10.7. The second-order valence-electron chi connectivity index (χ2n) is 6.69. The molecule has 0 aliphatic rings. The van der Waals surface area contributed by atoms with E-state index in [4.69, 9.17) is 16.2 Å². The quantitative estimate of drug-likeness (QED) is 0.575. The van der Waals surface area contributed by atoms with Crippen LogP contribution in [0.25, 0.3) is 0 Å². The Morgan fingerprint density at radius 3 is 2.59 bits per heavy atom. The van der Waals surface area contributed by atoms with Gasteiger partial charge in [0.2, 0.25) is 0 Å². The molecule has 0 atom stereocenters. The Kier molecular flexibility index (Phi) is 7.29. The maximum absolute atomic E-state index is 12.0. The van der Waals surface area contributed by atoms with Gasteiger partial charge in [-0.05, 0) is 32.4 Å². The first kappa shape index (κ1) is 21.9. The molecular formula is C19H27N7O3. The Morgan fingerprint density at radius 2 is 2.00 bits per heavy atom. The van der Waals surface area contributed by atoms with Gasteiger partial charge in [-0.3, -0.25) is 9.78 Å². The number of carbonyl (C=O) groups is 2. The fraction of sp³-hybridized carbons (Fsp3) is 0.421. The van der Waals surface area contributed by atoms with E-state index in [1.165, 1.54) is 0 Å².